The number of hydrogen-bond donors (Lipinski definition) is 0. The predicted octanol–water partition coefficient (Wildman–Crippen LogP) is 3.30. The minimum atomic E-state index is -3.22. The van der Waals surface area contributed by atoms with Gasteiger partial charge in [-0.2, -0.15) is 0 Å². The van der Waals surface area contributed by atoms with Gasteiger partial charge in [-0.05, 0) is 75.6 Å². The van der Waals surface area contributed by atoms with Gasteiger partial charge in [-0.15, -0.1) is 0 Å². The molecule has 0 amide bonds. The van der Waals surface area contributed by atoms with Gasteiger partial charge < -0.3 is 4.90 Å². The Bertz CT molecular complexity index is 826. The summed E-state index contributed by atoms with van der Waals surface area (Å²) in [7, 11) is -3.22. The van der Waals surface area contributed by atoms with Crippen molar-refractivity contribution in [3.63, 3.8) is 0 Å². The fourth-order valence-corrected chi connectivity index (χ4v) is 7.40. The van der Waals surface area contributed by atoms with E-state index in [1.165, 1.54) is 43.1 Å². The van der Waals surface area contributed by atoms with E-state index in [4.69, 9.17) is 0 Å². The van der Waals surface area contributed by atoms with Gasteiger partial charge in [-0.1, -0.05) is 24.1 Å². The number of rotatable bonds is 2. The second-order valence-corrected chi connectivity index (χ2v) is 11.3. The van der Waals surface area contributed by atoms with Crippen molar-refractivity contribution in [2.24, 2.45) is 11.8 Å². The van der Waals surface area contributed by atoms with Crippen molar-refractivity contribution < 1.29 is 8.42 Å². The van der Waals surface area contributed by atoms with Crippen molar-refractivity contribution in [2.45, 2.75) is 56.9 Å². The Kier molecular flexibility index (Phi) is 3.75. The fourth-order valence-electron chi connectivity index (χ4n) is 6.40. The van der Waals surface area contributed by atoms with Crippen LogP contribution < -0.4 is 4.31 Å². The molecular formula is C21H30N2O2S. The Morgan fingerprint density at radius 3 is 2.50 bits per heavy atom. The van der Waals surface area contributed by atoms with E-state index in [9.17, 15) is 8.42 Å². The van der Waals surface area contributed by atoms with Crippen LogP contribution in [-0.2, 0) is 15.4 Å². The first-order valence-electron chi connectivity index (χ1n) is 10.2. The van der Waals surface area contributed by atoms with Gasteiger partial charge in [-0.3, -0.25) is 4.31 Å². The summed E-state index contributed by atoms with van der Waals surface area (Å²) in [5.74, 6) is 1.91. The van der Waals surface area contributed by atoms with Crippen molar-refractivity contribution in [1.82, 2.24) is 4.90 Å². The number of likely N-dealkylation sites (tertiary alicyclic amines) is 1. The van der Waals surface area contributed by atoms with Crippen LogP contribution in [0, 0.1) is 18.8 Å². The molecule has 3 atom stereocenters. The number of hydrogen-bond acceptors (Lipinski definition) is 3. The van der Waals surface area contributed by atoms with E-state index in [-0.39, 0.29) is 5.41 Å². The maximum atomic E-state index is 12.4. The Balaban J connectivity index is 1.41. The van der Waals surface area contributed by atoms with Crippen LogP contribution in [0.15, 0.2) is 18.2 Å². The largest absolute Gasteiger partial charge is 0.300 e. The number of fused-ring (bicyclic) bond motifs is 4. The fraction of sp³-hybridized carbons (Fsp3) is 0.714. The molecule has 2 bridgehead atoms. The van der Waals surface area contributed by atoms with E-state index < -0.39 is 10.0 Å². The first kappa shape index (κ1) is 17.1. The van der Waals surface area contributed by atoms with Gasteiger partial charge in [0.2, 0.25) is 10.0 Å². The zero-order valence-electron chi connectivity index (χ0n) is 15.9. The van der Waals surface area contributed by atoms with Crippen molar-refractivity contribution >= 4 is 15.7 Å². The number of benzene rings is 1. The minimum absolute atomic E-state index is 0.0125. The third kappa shape index (κ3) is 2.54. The van der Waals surface area contributed by atoms with E-state index in [1.807, 2.05) is 12.1 Å². The maximum Gasteiger partial charge on any atom is 0.232 e. The quantitative estimate of drug-likeness (QED) is 0.797. The van der Waals surface area contributed by atoms with Crippen LogP contribution in [0.5, 0.6) is 0 Å². The van der Waals surface area contributed by atoms with E-state index >= 15 is 0 Å². The van der Waals surface area contributed by atoms with E-state index in [0.717, 1.165) is 49.5 Å². The molecule has 0 unspecified atom stereocenters. The lowest BCUT2D eigenvalue weighted by atomic mass is 9.73. The van der Waals surface area contributed by atoms with Crippen LogP contribution in [0.3, 0.4) is 0 Å². The Morgan fingerprint density at radius 1 is 1.12 bits per heavy atom. The molecular weight excluding hydrogens is 344 g/mol. The Morgan fingerprint density at radius 2 is 1.88 bits per heavy atom. The lowest BCUT2D eigenvalue weighted by molar-refractivity contribution is 0.0881. The number of sulfonamides is 1. The van der Waals surface area contributed by atoms with Crippen LogP contribution >= 0.6 is 0 Å². The molecule has 5 rings (SSSR count). The highest BCUT2D eigenvalue weighted by Crippen LogP contribution is 2.51. The number of piperidine rings is 1. The molecule has 0 N–H and O–H groups in total. The SMILES string of the molecule is Cc1ccc2c(c1)C1(CCN([C@H]3C[C@@H]4CC[C@@H]3C4)CC1)CN2S(C)(=O)=O. The normalized spacial score (nSPS) is 33.2. The van der Waals surface area contributed by atoms with Crippen molar-refractivity contribution in [2.75, 3.05) is 30.2 Å². The highest BCUT2D eigenvalue weighted by Gasteiger charge is 2.49. The average Bonchev–Trinajstić information content (AvgIpc) is 3.29. The van der Waals surface area contributed by atoms with E-state index in [0.29, 0.717) is 6.54 Å². The number of aryl methyl sites for hydroxylation is 1. The van der Waals surface area contributed by atoms with Gasteiger partial charge in [0.05, 0.1) is 11.9 Å². The monoisotopic (exact) mass is 374 g/mol. The molecule has 4 nitrogen and oxygen atoms in total. The zero-order chi connectivity index (χ0) is 18.1. The summed E-state index contributed by atoms with van der Waals surface area (Å²) in [6.45, 7) is 4.99. The predicted molar refractivity (Wildman–Crippen MR) is 105 cm³/mol. The molecule has 0 aromatic heterocycles. The molecule has 3 fully saturated rings. The van der Waals surface area contributed by atoms with Gasteiger partial charge in [0.15, 0.2) is 0 Å². The zero-order valence-corrected chi connectivity index (χ0v) is 16.8. The van der Waals surface area contributed by atoms with Crippen molar-refractivity contribution in [3.8, 4) is 0 Å². The molecule has 2 aliphatic carbocycles. The molecule has 4 aliphatic rings. The molecule has 1 aromatic rings. The molecule has 1 saturated heterocycles. The van der Waals surface area contributed by atoms with Crippen LogP contribution in [0.2, 0.25) is 0 Å². The van der Waals surface area contributed by atoms with Crippen molar-refractivity contribution in [3.05, 3.63) is 29.3 Å². The topological polar surface area (TPSA) is 40.6 Å². The second kappa shape index (κ2) is 5.71. The van der Waals surface area contributed by atoms with Crippen LogP contribution in [0.25, 0.3) is 0 Å². The molecule has 2 aliphatic heterocycles. The third-order valence-corrected chi connectivity index (χ3v) is 8.89. The molecule has 2 heterocycles. The standard InChI is InChI=1S/C21H30N2O2S/c1-15-3-6-19-18(11-15)21(14-23(19)26(2,24)25)7-9-22(10-8-21)20-13-16-4-5-17(20)12-16/h3,6,11,16-17,20H,4-5,7-10,12-14H2,1-2H3/t16-,17-,20+/m1/s1. The highest BCUT2D eigenvalue weighted by molar-refractivity contribution is 7.92. The maximum absolute atomic E-state index is 12.4. The summed E-state index contributed by atoms with van der Waals surface area (Å²) < 4.78 is 26.4. The summed E-state index contributed by atoms with van der Waals surface area (Å²) in [5, 5.41) is 0. The van der Waals surface area contributed by atoms with Gasteiger partial charge in [-0.25, -0.2) is 8.42 Å². The molecule has 1 aromatic carbocycles. The minimum Gasteiger partial charge on any atom is -0.300 e. The first-order valence-corrected chi connectivity index (χ1v) is 12.0. The first-order chi connectivity index (χ1) is 12.4. The summed E-state index contributed by atoms with van der Waals surface area (Å²) in [6.07, 6.45) is 9.27. The lowest BCUT2D eigenvalue weighted by Crippen LogP contribution is -2.50. The highest BCUT2D eigenvalue weighted by atomic mass is 32.2. The van der Waals surface area contributed by atoms with E-state index in [1.54, 1.807) is 4.31 Å². The van der Waals surface area contributed by atoms with Gasteiger partial charge in [0, 0.05) is 18.0 Å². The smallest absolute Gasteiger partial charge is 0.232 e. The molecule has 1 spiro atoms. The second-order valence-electron chi connectivity index (χ2n) is 9.35. The Hall–Kier alpha value is -1.07. The summed E-state index contributed by atoms with van der Waals surface area (Å²) in [5.41, 5.74) is 3.44. The van der Waals surface area contributed by atoms with Crippen LogP contribution in [0.4, 0.5) is 5.69 Å². The molecule has 5 heteroatoms. The summed E-state index contributed by atoms with van der Waals surface area (Å²) >= 11 is 0. The molecule has 26 heavy (non-hydrogen) atoms. The molecule has 142 valence electrons. The van der Waals surface area contributed by atoms with E-state index in [2.05, 4.69) is 17.9 Å². The van der Waals surface area contributed by atoms with Gasteiger partial charge >= 0.3 is 0 Å². The Labute approximate surface area is 157 Å². The number of anilines is 1. The third-order valence-electron chi connectivity index (χ3n) is 7.76. The van der Waals surface area contributed by atoms with Gasteiger partial charge in [0.1, 0.15) is 0 Å². The molecule has 0 radical (unpaired) electrons. The molecule has 2 saturated carbocycles. The lowest BCUT2D eigenvalue weighted by Gasteiger charge is -2.44. The van der Waals surface area contributed by atoms with Crippen LogP contribution in [0.1, 0.15) is 49.7 Å². The summed E-state index contributed by atoms with van der Waals surface area (Å²) in [4.78, 5) is 2.74. The van der Waals surface area contributed by atoms with Crippen LogP contribution in [-0.4, -0.2) is 45.2 Å². The van der Waals surface area contributed by atoms with Gasteiger partial charge in [0.25, 0.3) is 0 Å². The summed E-state index contributed by atoms with van der Waals surface area (Å²) in [6, 6.07) is 7.10. The average molecular weight is 375 g/mol. The van der Waals surface area contributed by atoms with Crippen molar-refractivity contribution in [1.29, 1.82) is 0 Å². The number of nitrogens with zero attached hydrogens (tertiary/aromatic N) is 2.